The highest BCUT2D eigenvalue weighted by molar-refractivity contribution is 9.10. The fraction of sp³-hybridized carbons (Fsp3) is 0.333. The third-order valence-corrected chi connectivity index (χ3v) is 6.62. The first kappa shape index (κ1) is 26.7. The zero-order chi connectivity index (χ0) is 25.4. The number of hydrogen-bond donors (Lipinski definition) is 1. The standard InChI is InChI=1S/C30H35BrN2O2/c1-21(2)19-32-30(35)28(17-24-9-6-5-7-10-24)33(20-26-11-8-12-27(31)16-26)29(34)18-25-14-13-22(3)23(4)15-25/h5-16,21,28H,17-20H2,1-4H3,(H,32,35)/t28-/m0/s1. The maximum Gasteiger partial charge on any atom is 0.243 e. The van der Waals surface area contributed by atoms with Crippen LogP contribution >= 0.6 is 15.9 Å². The molecule has 0 aliphatic carbocycles. The fourth-order valence-electron chi connectivity index (χ4n) is 4.00. The minimum Gasteiger partial charge on any atom is -0.354 e. The Morgan fingerprint density at radius 2 is 1.57 bits per heavy atom. The van der Waals surface area contributed by atoms with Crippen molar-refractivity contribution in [2.45, 2.75) is 53.1 Å². The summed E-state index contributed by atoms with van der Waals surface area (Å²) in [6.45, 7) is 9.18. The van der Waals surface area contributed by atoms with Crippen LogP contribution in [-0.2, 0) is 29.0 Å². The maximum atomic E-state index is 13.8. The molecule has 3 rings (SSSR count). The second-order valence-electron chi connectivity index (χ2n) is 9.59. The molecule has 0 radical (unpaired) electrons. The molecule has 1 N–H and O–H groups in total. The van der Waals surface area contributed by atoms with Crippen LogP contribution in [0.5, 0.6) is 0 Å². The van der Waals surface area contributed by atoms with E-state index in [0.717, 1.165) is 26.7 Å². The average molecular weight is 536 g/mol. The number of hydrogen-bond acceptors (Lipinski definition) is 2. The summed E-state index contributed by atoms with van der Waals surface area (Å²) >= 11 is 3.54. The molecule has 0 saturated heterocycles. The zero-order valence-electron chi connectivity index (χ0n) is 21.1. The Hall–Kier alpha value is -2.92. The molecule has 0 unspecified atom stereocenters. The van der Waals surface area contributed by atoms with E-state index in [-0.39, 0.29) is 18.2 Å². The monoisotopic (exact) mass is 534 g/mol. The van der Waals surface area contributed by atoms with Crippen LogP contribution in [0.1, 0.15) is 41.7 Å². The summed E-state index contributed by atoms with van der Waals surface area (Å²) < 4.78 is 0.945. The summed E-state index contributed by atoms with van der Waals surface area (Å²) in [5.41, 5.74) is 5.31. The van der Waals surface area contributed by atoms with Crippen molar-refractivity contribution >= 4 is 27.7 Å². The Labute approximate surface area is 217 Å². The number of carbonyl (C=O) groups is 2. The highest BCUT2D eigenvalue weighted by Crippen LogP contribution is 2.20. The van der Waals surface area contributed by atoms with Crippen molar-refractivity contribution in [2.24, 2.45) is 5.92 Å². The van der Waals surface area contributed by atoms with E-state index in [0.29, 0.717) is 25.4 Å². The highest BCUT2D eigenvalue weighted by Gasteiger charge is 2.30. The Bertz CT molecular complexity index is 1140. The van der Waals surface area contributed by atoms with Crippen molar-refractivity contribution in [1.29, 1.82) is 0 Å². The molecule has 0 spiro atoms. The SMILES string of the molecule is Cc1ccc(CC(=O)N(Cc2cccc(Br)c2)[C@@H](Cc2ccccc2)C(=O)NCC(C)C)cc1C. The largest absolute Gasteiger partial charge is 0.354 e. The van der Waals surface area contributed by atoms with Gasteiger partial charge in [0, 0.05) is 24.0 Å². The molecule has 0 heterocycles. The molecule has 0 bridgehead atoms. The predicted molar refractivity (Wildman–Crippen MR) is 146 cm³/mol. The highest BCUT2D eigenvalue weighted by atomic mass is 79.9. The van der Waals surface area contributed by atoms with E-state index in [1.54, 1.807) is 4.90 Å². The van der Waals surface area contributed by atoms with Crippen LogP contribution < -0.4 is 5.32 Å². The minimum atomic E-state index is -0.617. The molecular formula is C30H35BrN2O2. The van der Waals surface area contributed by atoms with Gasteiger partial charge in [0.25, 0.3) is 0 Å². The van der Waals surface area contributed by atoms with Gasteiger partial charge in [-0.1, -0.05) is 90.4 Å². The Kier molecular flexibility index (Phi) is 9.67. The predicted octanol–water partition coefficient (Wildman–Crippen LogP) is 6.02. The number of benzene rings is 3. The van der Waals surface area contributed by atoms with Gasteiger partial charge < -0.3 is 10.2 Å². The van der Waals surface area contributed by atoms with E-state index < -0.39 is 6.04 Å². The lowest BCUT2D eigenvalue weighted by atomic mass is 10.00. The molecule has 3 aromatic rings. The van der Waals surface area contributed by atoms with Crippen LogP contribution in [0.3, 0.4) is 0 Å². The van der Waals surface area contributed by atoms with Gasteiger partial charge in [0.15, 0.2) is 0 Å². The van der Waals surface area contributed by atoms with Crippen LogP contribution in [0.2, 0.25) is 0 Å². The van der Waals surface area contributed by atoms with E-state index in [2.05, 4.69) is 55.0 Å². The second-order valence-corrected chi connectivity index (χ2v) is 10.5. The molecule has 5 heteroatoms. The summed E-state index contributed by atoms with van der Waals surface area (Å²) in [7, 11) is 0. The van der Waals surface area contributed by atoms with E-state index in [1.807, 2.05) is 66.7 Å². The van der Waals surface area contributed by atoms with Crippen molar-refractivity contribution in [3.8, 4) is 0 Å². The normalized spacial score (nSPS) is 11.8. The minimum absolute atomic E-state index is 0.0612. The fourth-order valence-corrected chi connectivity index (χ4v) is 4.44. The van der Waals surface area contributed by atoms with Crippen LogP contribution in [0, 0.1) is 19.8 Å². The summed E-state index contributed by atoms with van der Waals surface area (Å²) in [4.78, 5) is 29.0. The average Bonchev–Trinajstić information content (AvgIpc) is 2.82. The van der Waals surface area contributed by atoms with E-state index in [1.165, 1.54) is 5.56 Å². The lowest BCUT2D eigenvalue weighted by Gasteiger charge is -2.32. The van der Waals surface area contributed by atoms with Crippen LogP contribution in [0.15, 0.2) is 77.3 Å². The summed E-state index contributed by atoms with van der Waals surface area (Å²) in [6, 6.07) is 23.3. The number of rotatable bonds is 10. The maximum absolute atomic E-state index is 13.8. The summed E-state index contributed by atoms with van der Waals surface area (Å²) in [6.07, 6.45) is 0.704. The number of halogens is 1. The van der Waals surface area contributed by atoms with Gasteiger partial charge in [0.05, 0.1) is 6.42 Å². The molecule has 0 saturated carbocycles. The molecular weight excluding hydrogens is 500 g/mol. The first-order valence-electron chi connectivity index (χ1n) is 12.1. The van der Waals surface area contributed by atoms with Crippen molar-refractivity contribution in [2.75, 3.05) is 6.54 Å². The number of amides is 2. The first-order valence-corrected chi connectivity index (χ1v) is 12.9. The molecule has 4 nitrogen and oxygen atoms in total. The van der Waals surface area contributed by atoms with E-state index in [9.17, 15) is 9.59 Å². The molecule has 35 heavy (non-hydrogen) atoms. The smallest absolute Gasteiger partial charge is 0.243 e. The summed E-state index contributed by atoms with van der Waals surface area (Å²) in [5, 5.41) is 3.07. The molecule has 1 atom stereocenters. The quantitative estimate of drug-likeness (QED) is 0.345. The lowest BCUT2D eigenvalue weighted by molar-refractivity contribution is -0.140. The van der Waals surface area contributed by atoms with Gasteiger partial charge in [0.2, 0.25) is 11.8 Å². The third kappa shape index (κ3) is 8.07. The van der Waals surface area contributed by atoms with Crippen LogP contribution in [0.25, 0.3) is 0 Å². The van der Waals surface area contributed by atoms with Gasteiger partial charge >= 0.3 is 0 Å². The number of aryl methyl sites for hydroxylation is 2. The van der Waals surface area contributed by atoms with Gasteiger partial charge in [-0.2, -0.15) is 0 Å². The lowest BCUT2D eigenvalue weighted by Crippen LogP contribution is -2.51. The van der Waals surface area contributed by atoms with E-state index >= 15 is 0 Å². The first-order chi connectivity index (χ1) is 16.7. The topological polar surface area (TPSA) is 49.4 Å². The molecule has 184 valence electrons. The van der Waals surface area contributed by atoms with Crippen molar-refractivity contribution < 1.29 is 9.59 Å². The third-order valence-electron chi connectivity index (χ3n) is 6.12. The van der Waals surface area contributed by atoms with Crippen molar-refractivity contribution in [1.82, 2.24) is 10.2 Å². The Morgan fingerprint density at radius 3 is 2.23 bits per heavy atom. The molecule has 0 fully saturated rings. The van der Waals surface area contributed by atoms with Gasteiger partial charge in [0.1, 0.15) is 6.04 Å². The number of nitrogens with zero attached hydrogens (tertiary/aromatic N) is 1. The van der Waals surface area contributed by atoms with Gasteiger partial charge in [-0.3, -0.25) is 9.59 Å². The second kappa shape index (κ2) is 12.7. The van der Waals surface area contributed by atoms with Crippen molar-refractivity contribution in [3.63, 3.8) is 0 Å². The summed E-state index contributed by atoms with van der Waals surface area (Å²) in [5.74, 6) is 0.140. The Balaban J connectivity index is 1.96. The van der Waals surface area contributed by atoms with Crippen molar-refractivity contribution in [3.05, 3.63) is 105 Å². The van der Waals surface area contributed by atoms with Gasteiger partial charge in [-0.25, -0.2) is 0 Å². The Morgan fingerprint density at radius 1 is 0.857 bits per heavy atom. The van der Waals surface area contributed by atoms with Crippen LogP contribution in [-0.4, -0.2) is 29.3 Å². The van der Waals surface area contributed by atoms with Gasteiger partial charge in [-0.15, -0.1) is 0 Å². The molecule has 0 aromatic heterocycles. The van der Waals surface area contributed by atoms with Gasteiger partial charge in [-0.05, 0) is 59.7 Å². The molecule has 0 aliphatic rings. The molecule has 2 amide bonds. The zero-order valence-corrected chi connectivity index (χ0v) is 22.6. The number of nitrogens with one attached hydrogen (secondary N) is 1. The number of carbonyl (C=O) groups excluding carboxylic acids is 2. The van der Waals surface area contributed by atoms with Crippen LogP contribution in [0.4, 0.5) is 0 Å². The van der Waals surface area contributed by atoms with E-state index in [4.69, 9.17) is 0 Å². The molecule has 0 aliphatic heterocycles. The molecule has 3 aromatic carbocycles.